The molecular weight excluding hydrogens is 246 g/mol. The second kappa shape index (κ2) is 5.86. The minimum Gasteiger partial charge on any atom is -0.480 e. The highest BCUT2D eigenvalue weighted by molar-refractivity contribution is 5.78. The largest absolute Gasteiger partial charge is 0.480 e. The van der Waals surface area contributed by atoms with Gasteiger partial charge in [0, 0.05) is 6.54 Å². The zero-order chi connectivity index (χ0) is 13.8. The quantitative estimate of drug-likeness (QED) is 0.870. The number of carboxylic acid groups (broad SMARTS) is 1. The van der Waals surface area contributed by atoms with Crippen LogP contribution in [0.5, 0.6) is 5.88 Å². The first-order chi connectivity index (χ1) is 9.08. The van der Waals surface area contributed by atoms with Crippen molar-refractivity contribution in [1.82, 2.24) is 9.97 Å². The van der Waals surface area contributed by atoms with Gasteiger partial charge in [0.05, 0.1) is 19.0 Å². The third-order valence-electron chi connectivity index (χ3n) is 3.00. The third kappa shape index (κ3) is 3.33. The Bertz CT molecular complexity index is 451. The number of hydrogen-bond acceptors (Lipinski definition) is 5. The first kappa shape index (κ1) is 13.6. The fraction of sp³-hybridized carbons (Fsp3) is 0.615. The SMILES string of the molecule is CC(C)COc1cncc(N2CCC[C@H]2C(=O)O)n1. The molecule has 1 aromatic heterocycles. The van der Waals surface area contributed by atoms with Crippen molar-refractivity contribution >= 4 is 11.8 Å². The van der Waals surface area contributed by atoms with Gasteiger partial charge in [-0.2, -0.15) is 4.98 Å². The van der Waals surface area contributed by atoms with Crippen LogP contribution < -0.4 is 9.64 Å². The Hall–Kier alpha value is -1.85. The van der Waals surface area contributed by atoms with Crippen LogP contribution in [0.2, 0.25) is 0 Å². The van der Waals surface area contributed by atoms with Crippen LogP contribution in [0.3, 0.4) is 0 Å². The average Bonchev–Trinajstić information content (AvgIpc) is 2.86. The van der Waals surface area contributed by atoms with Gasteiger partial charge in [-0.3, -0.25) is 4.98 Å². The summed E-state index contributed by atoms with van der Waals surface area (Å²) in [5, 5.41) is 9.17. The molecule has 6 nitrogen and oxygen atoms in total. The standard InChI is InChI=1S/C13H19N3O3/c1-9(2)8-19-12-7-14-6-11(15-12)16-5-3-4-10(16)13(17)18/h6-7,9-10H,3-5,8H2,1-2H3,(H,17,18)/t10-/m0/s1. The topological polar surface area (TPSA) is 75.5 Å². The maximum Gasteiger partial charge on any atom is 0.326 e. The molecule has 104 valence electrons. The highest BCUT2D eigenvalue weighted by Gasteiger charge is 2.31. The maximum atomic E-state index is 11.2. The smallest absolute Gasteiger partial charge is 0.326 e. The van der Waals surface area contributed by atoms with Crippen LogP contribution in [0.1, 0.15) is 26.7 Å². The second-order valence-electron chi connectivity index (χ2n) is 5.11. The molecule has 0 spiro atoms. The van der Waals surface area contributed by atoms with Crippen molar-refractivity contribution in [2.24, 2.45) is 5.92 Å². The molecular formula is C13H19N3O3. The van der Waals surface area contributed by atoms with E-state index in [1.165, 1.54) is 0 Å². The summed E-state index contributed by atoms with van der Waals surface area (Å²) in [7, 11) is 0. The Morgan fingerprint density at radius 1 is 1.58 bits per heavy atom. The lowest BCUT2D eigenvalue weighted by molar-refractivity contribution is -0.138. The van der Waals surface area contributed by atoms with Gasteiger partial charge in [0.15, 0.2) is 5.82 Å². The third-order valence-corrected chi connectivity index (χ3v) is 3.00. The lowest BCUT2D eigenvalue weighted by Gasteiger charge is -2.22. The van der Waals surface area contributed by atoms with Gasteiger partial charge in [0.2, 0.25) is 5.88 Å². The Balaban J connectivity index is 2.11. The van der Waals surface area contributed by atoms with Crippen LogP contribution in [-0.4, -0.2) is 40.2 Å². The molecule has 2 rings (SSSR count). The molecule has 1 atom stereocenters. The Morgan fingerprint density at radius 2 is 2.37 bits per heavy atom. The second-order valence-corrected chi connectivity index (χ2v) is 5.11. The molecule has 19 heavy (non-hydrogen) atoms. The molecule has 0 saturated carbocycles. The number of anilines is 1. The number of aliphatic carboxylic acids is 1. The predicted molar refractivity (Wildman–Crippen MR) is 70.4 cm³/mol. The average molecular weight is 265 g/mol. The summed E-state index contributed by atoms with van der Waals surface area (Å²) >= 11 is 0. The zero-order valence-corrected chi connectivity index (χ0v) is 11.2. The summed E-state index contributed by atoms with van der Waals surface area (Å²) in [5.41, 5.74) is 0. The molecule has 0 aromatic carbocycles. The number of nitrogens with zero attached hydrogens (tertiary/aromatic N) is 3. The van der Waals surface area contributed by atoms with Crippen LogP contribution in [0.15, 0.2) is 12.4 Å². The Kier molecular flexibility index (Phi) is 4.19. The normalized spacial score (nSPS) is 18.9. The summed E-state index contributed by atoms with van der Waals surface area (Å²) in [6.45, 7) is 5.37. The lowest BCUT2D eigenvalue weighted by Crippen LogP contribution is -2.36. The van der Waals surface area contributed by atoms with Gasteiger partial charge in [-0.05, 0) is 18.8 Å². The minimum atomic E-state index is -0.812. The molecule has 0 amide bonds. The van der Waals surface area contributed by atoms with E-state index in [-0.39, 0.29) is 0 Å². The van der Waals surface area contributed by atoms with E-state index in [9.17, 15) is 4.79 Å². The van der Waals surface area contributed by atoms with Gasteiger partial charge in [0.25, 0.3) is 0 Å². The van der Waals surface area contributed by atoms with Crippen LogP contribution >= 0.6 is 0 Å². The van der Waals surface area contributed by atoms with E-state index in [1.807, 2.05) is 0 Å². The molecule has 1 fully saturated rings. The molecule has 0 radical (unpaired) electrons. The van der Waals surface area contributed by atoms with E-state index in [4.69, 9.17) is 9.84 Å². The molecule has 6 heteroatoms. The van der Waals surface area contributed by atoms with Gasteiger partial charge in [-0.15, -0.1) is 0 Å². The fourth-order valence-corrected chi connectivity index (χ4v) is 2.10. The number of ether oxygens (including phenoxy) is 1. The van der Waals surface area contributed by atoms with Gasteiger partial charge in [-0.1, -0.05) is 13.8 Å². The summed E-state index contributed by atoms with van der Waals surface area (Å²) in [5.74, 6) is 0.616. The van der Waals surface area contributed by atoms with E-state index in [0.717, 1.165) is 6.42 Å². The van der Waals surface area contributed by atoms with E-state index >= 15 is 0 Å². The summed E-state index contributed by atoms with van der Waals surface area (Å²) < 4.78 is 5.52. The van der Waals surface area contributed by atoms with Crippen LogP contribution in [0.4, 0.5) is 5.82 Å². The molecule has 1 N–H and O–H groups in total. The number of rotatable bonds is 5. The lowest BCUT2D eigenvalue weighted by atomic mass is 10.2. The van der Waals surface area contributed by atoms with Gasteiger partial charge < -0.3 is 14.7 Å². The number of carbonyl (C=O) groups is 1. The molecule has 2 heterocycles. The van der Waals surface area contributed by atoms with Crippen molar-refractivity contribution in [2.45, 2.75) is 32.7 Å². The highest BCUT2D eigenvalue weighted by atomic mass is 16.5. The van der Waals surface area contributed by atoms with Crippen molar-refractivity contribution in [3.8, 4) is 5.88 Å². The highest BCUT2D eigenvalue weighted by Crippen LogP contribution is 2.24. The van der Waals surface area contributed by atoms with E-state index in [1.54, 1.807) is 17.3 Å². The fourth-order valence-electron chi connectivity index (χ4n) is 2.10. The zero-order valence-electron chi connectivity index (χ0n) is 11.2. The minimum absolute atomic E-state index is 0.406. The molecule has 0 aliphatic carbocycles. The summed E-state index contributed by atoms with van der Waals surface area (Å²) in [6, 6.07) is -0.505. The Morgan fingerprint density at radius 3 is 3.05 bits per heavy atom. The molecule has 0 bridgehead atoms. The maximum absolute atomic E-state index is 11.2. The van der Waals surface area contributed by atoms with Crippen LogP contribution in [-0.2, 0) is 4.79 Å². The van der Waals surface area contributed by atoms with Crippen LogP contribution in [0, 0.1) is 5.92 Å². The molecule has 1 aromatic rings. The molecule has 1 aliphatic heterocycles. The van der Waals surface area contributed by atoms with Gasteiger partial charge >= 0.3 is 5.97 Å². The van der Waals surface area contributed by atoms with Crippen molar-refractivity contribution in [1.29, 1.82) is 0 Å². The van der Waals surface area contributed by atoms with Crippen molar-refractivity contribution in [3.05, 3.63) is 12.4 Å². The van der Waals surface area contributed by atoms with E-state index in [0.29, 0.717) is 37.2 Å². The molecule has 0 unspecified atom stereocenters. The first-order valence-electron chi connectivity index (χ1n) is 6.52. The van der Waals surface area contributed by atoms with Gasteiger partial charge in [0.1, 0.15) is 6.04 Å². The molecule has 1 saturated heterocycles. The monoisotopic (exact) mass is 265 g/mol. The number of carboxylic acids is 1. The van der Waals surface area contributed by atoms with Crippen molar-refractivity contribution < 1.29 is 14.6 Å². The van der Waals surface area contributed by atoms with E-state index < -0.39 is 12.0 Å². The predicted octanol–water partition coefficient (Wildman–Crippen LogP) is 1.56. The Labute approximate surface area is 112 Å². The first-order valence-corrected chi connectivity index (χ1v) is 6.52. The summed E-state index contributed by atoms with van der Waals surface area (Å²) in [6.07, 6.45) is 4.64. The van der Waals surface area contributed by atoms with Gasteiger partial charge in [-0.25, -0.2) is 4.79 Å². The number of hydrogen-bond donors (Lipinski definition) is 1. The van der Waals surface area contributed by atoms with Crippen molar-refractivity contribution in [3.63, 3.8) is 0 Å². The van der Waals surface area contributed by atoms with E-state index in [2.05, 4.69) is 23.8 Å². The summed E-state index contributed by atoms with van der Waals surface area (Å²) in [4.78, 5) is 21.4. The van der Waals surface area contributed by atoms with Crippen LogP contribution in [0.25, 0.3) is 0 Å². The number of aromatic nitrogens is 2. The molecule has 1 aliphatic rings. The van der Waals surface area contributed by atoms with Crippen molar-refractivity contribution in [2.75, 3.05) is 18.1 Å².